The molecule has 2 N–H and O–H groups in total. The van der Waals surface area contributed by atoms with Gasteiger partial charge in [-0.25, -0.2) is 13.1 Å². The first-order valence-corrected chi connectivity index (χ1v) is 8.48. The van der Waals surface area contributed by atoms with E-state index < -0.39 is 15.6 Å². The molecule has 0 amide bonds. The maximum Gasteiger partial charge on any atom is 0.209 e. The molecule has 1 atom stereocenters. The van der Waals surface area contributed by atoms with Gasteiger partial charge in [0, 0.05) is 18.1 Å². The Kier molecular flexibility index (Phi) is 5.58. The third-order valence-corrected chi connectivity index (χ3v) is 4.17. The SMILES string of the molecule is CN1CCCC(NCC(C)(C)NS(C)(=O)=O)CC1. The summed E-state index contributed by atoms with van der Waals surface area (Å²) in [6, 6.07) is 0.496. The molecule has 0 bridgehead atoms. The van der Waals surface area contributed by atoms with E-state index in [4.69, 9.17) is 0 Å². The molecule has 0 aliphatic carbocycles. The molecule has 6 heteroatoms. The van der Waals surface area contributed by atoms with Crippen LogP contribution in [0.1, 0.15) is 33.1 Å². The van der Waals surface area contributed by atoms with E-state index in [0.29, 0.717) is 12.6 Å². The molecule has 1 rings (SSSR count). The Hall–Kier alpha value is -0.170. The van der Waals surface area contributed by atoms with E-state index in [1.165, 1.54) is 19.1 Å². The smallest absolute Gasteiger partial charge is 0.209 e. The van der Waals surface area contributed by atoms with Gasteiger partial charge in [0.15, 0.2) is 0 Å². The van der Waals surface area contributed by atoms with Crippen LogP contribution in [-0.2, 0) is 10.0 Å². The van der Waals surface area contributed by atoms with Gasteiger partial charge in [-0.1, -0.05) is 0 Å². The molecule has 1 unspecified atom stereocenters. The van der Waals surface area contributed by atoms with Crippen LogP contribution in [0, 0.1) is 0 Å². The Morgan fingerprint density at radius 1 is 1.28 bits per heavy atom. The van der Waals surface area contributed by atoms with Crippen LogP contribution in [0.5, 0.6) is 0 Å². The second kappa shape index (κ2) is 6.32. The van der Waals surface area contributed by atoms with Gasteiger partial charge >= 0.3 is 0 Å². The van der Waals surface area contributed by atoms with Crippen LogP contribution in [0.15, 0.2) is 0 Å². The number of rotatable bonds is 5. The standard InChI is InChI=1S/C12H27N3O2S/c1-12(2,14-18(4,16)17)10-13-11-6-5-8-15(3)9-7-11/h11,13-14H,5-10H2,1-4H3. The maximum atomic E-state index is 11.3. The minimum absolute atomic E-state index is 0.439. The summed E-state index contributed by atoms with van der Waals surface area (Å²) < 4.78 is 25.2. The van der Waals surface area contributed by atoms with Crippen LogP contribution in [0.3, 0.4) is 0 Å². The second-order valence-electron chi connectivity index (χ2n) is 6.07. The highest BCUT2D eigenvalue weighted by Crippen LogP contribution is 2.11. The molecule has 0 aromatic heterocycles. The van der Waals surface area contributed by atoms with Crippen molar-refractivity contribution in [1.82, 2.24) is 14.9 Å². The predicted octanol–water partition coefficient (Wildman–Crippen LogP) is 0.388. The Labute approximate surface area is 111 Å². The number of sulfonamides is 1. The highest BCUT2D eigenvalue weighted by molar-refractivity contribution is 7.88. The van der Waals surface area contributed by atoms with E-state index in [1.54, 1.807) is 0 Å². The Morgan fingerprint density at radius 3 is 2.56 bits per heavy atom. The molecule has 1 fully saturated rings. The summed E-state index contributed by atoms with van der Waals surface area (Å²) >= 11 is 0. The first-order valence-electron chi connectivity index (χ1n) is 6.59. The van der Waals surface area contributed by atoms with Crippen molar-refractivity contribution < 1.29 is 8.42 Å². The lowest BCUT2D eigenvalue weighted by Gasteiger charge is -2.28. The van der Waals surface area contributed by atoms with Crippen LogP contribution in [0.25, 0.3) is 0 Å². The average Bonchev–Trinajstić information content (AvgIpc) is 2.37. The van der Waals surface area contributed by atoms with Gasteiger partial charge in [-0.2, -0.15) is 0 Å². The van der Waals surface area contributed by atoms with Crippen molar-refractivity contribution in [3.05, 3.63) is 0 Å². The highest BCUT2D eigenvalue weighted by Gasteiger charge is 2.23. The fourth-order valence-corrected chi connectivity index (χ4v) is 3.46. The summed E-state index contributed by atoms with van der Waals surface area (Å²) in [7, 11) is -0.999. The van der Waals surface area contributed by atoms with E-state index in [0.717, 1.165) is 19.5 Å². The summed E-state index contributed by atoms with van der Waals surface area (Å²) in [5, 5.41) is 3.49. The third-order valence-electron chi connectivity index (χ3n) is 3.25. The predicted molar refractivity (Wildman–Crippen MR) is 75.2 cm³/mol. The van der Waals surface area contributed by atoms with E-state index >= 15 is 0 Å². The van der Waals surface area contributed by atoms with Gasteiger partial charge < -0.3 is 10.2 Å². The van der Waals surface area contributed by atoms with E-state index in [-0.39, 0.29) is 0 Å². The lowest BCUT2D eigenvalue weighted by atomic mass is 10.0. The number of hydrogen-bond acceptors (Lipinski definition) is 4. The Morgan fingerprint density at radius 2 is 1.94 bits per heavy atom. The van der Waals surface area contributed by atoms with Crippen LogP contribution >= 0.6 is 0 Å². The molecular formula is C12H27N3O2S. The average molecular weight is 277 g/mol. The van der Waals surface area contributed by atoms with Crippen LogP contribution in [0.4, 0.5) is 0 Å². The molecule has 0 spiro atoms. The zero-order chi connectivity index (χ0) is 13.8. The first kappa shape index (κ1) is 15.9. The molecule has 0 aromatic rings. The van der Waals surface area contributed by atoms with Crippen LogP contribution in [0.2, 0.25) is 0 Å². The minimum Gasteiger partial charge on any atom is -0.312 e. The lowest BCUT2D eigenvalue weighted by molar-refractivity contribution is 0.336. The fourth-order valence-electron chi connectivity index (χ4n) is 2.38. The molecule has 1 aliphatic rings. The summed E-state index contributed by atoms with van der Waals surface area (Å²) in [5.74, 6) is 0. The fraction of sp³-hybridized carbons (Fsp3) is 1.00. The Balaban J connectivity index is 2.39. The van der Waals surface area contributed by atoms with Crippen LogP contribution < -0.4 is 10.0 Å². The van der Waals surface area contributed by atoms with E-state index in [1.807, 2.05) is 13.8 Å². The van der Waals surface area contributed by atoms with Crippen molar-refractivity contribution in [3.63, 3.8) is 0 Å². The Bertz CT molecular complexity index is 354. The third kappa shape index (κ3) is 6.68. The molecule has 18 heavy (non-hydrogen) atoms. The molecule has 1 aliphatic heterocycles. The molecule has 108 valence electrons. The van der Waals surface area contributed by atoms with Crippen molar-refractivity contribution in [2.45, 2.75) is 44.7 Å². The van der Waals surface area contributed by atoms with Gasteiger partial charge in [-0.05, 0) is 53.2 Å². The van der Waals surface area contributed by atoms with Crippen LogP contribution in [-0.4, -0.2) is 57.8 Å². The van der Waals surface area contributed by atoms with Crippen molar-refractivity contribution in [3.8, 4) is 0 Å². The van der Waals surface area contributed by atoms with E-state index in [9.17, 15) is 8.42 Å². The van der Waals surface area contributed by atoms with Gasteiger partial charge in [-0.3, -0.25) is 0 Å². The van der Waals surface area contributed by atoms with E-state index in [2.05, 4.69) is 22.0 Å². The lowest BCUT2D eigenvalue weighted by Crippen LogP contribution is -2.51. The molecule has 0 aromatic carbocycles. The molecule has 1 heterocycles. The van der Waals surface area contributed by atoms with Gasteiger partial charge in [0.1, 0.15) is 0 Å². The number of hydrogen-bond donors (Lipinski definition) is 2. The first-order chi connectivity index (χ1) is 8.18. The minimum atomic E-state index is -3.15. The quantitative estimate of drug-likeness (QED) is 0.763. The molecule has 1 saturated heterocycles. The van der Waals surface area contributed by atoms with Gasteiger partial charge in [0.25, 0.3) is 0 Å². The van der Waals surface area contributed by atoms with Crippen molar-refractivity contribution in [2.24, 2.45) is 0 Å². The monoisotopic (exact) mass is 277 g/mol. The topological polar surface area (TPSA) is 61.4 Å². The number of likely N-dealkylation sites (tertiary alicyclic amines) is 1. The van der Waals surface area contributed by atoms with Gasteiger partial charge in [0.05, 0.1) is 6.26 Å². The summed E-state index contributed by atoms with van der Waals surface area (Å²) in [5.41, 5.74) is -0.439. The van der Waals surface area contributed by atoms with Crippen molar-refractivity contribution >= 4 is 10.0 Å². The summed E-state index contributed by atoms with van der Waals surface area (Å²) in [6.45, 7) is 6.74. The number of nitrogens with one attached hydrogen (secondary N) is 2. The normalized spacial score (nSPS) is 23.9. The second-order valence-corrected chi connectivity index (χ2v) is 7.82. The summed E-state index contributed by atoms with van der Waals surface area (Å²) in [4.78, 5) is 2.35. The summed E-state index contributed by atoms with van der Waals surface area (Å²) in [6.07, 6.45) is 4.70. The zero-order valence-electron chi connectivity index (χ0n) is 12.0. The highest BCUT2D eigenvalue weighted by atomic mass is 32.2. The van der Waals surface area contributed by atoms with Crippen molar-refractivity contribution in [1.29, 1.82) is 0 Å². The molecular weight excluding hydrogens is 250 g/mol. The molecule has 0 saturated carbocycles. The maximum absolute atomic E-state index is 11.3. The number of nitrogens with zero attached hydrogens (tertiary/aromatic N) is 1. The zero-order valence-corrected chi connectivity index (χ0v) is 12.8. The van der Waals surface area contributed by atoms with Gasteiger partial charge in [-0.15, -0.1) is 0 Å². The van der Waals surface area contributed by atoms with Gasteiger partial charge in [0.2, 0.25) is 10.0 Å². The largest absolute Gasteiger partial charge is 0.312 e. The molecule has 5 nitrogen and oxygen atoms in total. The van der Waals surface area contributed by atoms with Crippen molar-refractivity contribution in [2.75, 3.05) is 32.9 Å². The molecule has 0 radical (unpaired) electrons.